The Labute approximate surface area is 164 Å². The van der Waals surface area contributed by atoms with E-state index < -0.39 is 0 Å². The molecule has 2 aromatic rings. The van der Waals surface area contributed by atoms with Crippen molar-refractivity contribution in [2.75, 3.05) is 30.8 Å². The van der Waals surface area contributed by atoms with Gasteiger partial charge in [0, 0.05) is 29.9 Å². The Morgan fingerprint density at radius 1 is 1.11 bits per heavy atom. The number of likely N-dealkylation sites (N-methyl/N-ethyl adjacent to an activating group) is 1. The van der Waals surface area contributed by atoms with Crippen molar-refractivity contribution in [2.24, 2.45) is 0 Å². The second-order valence-corrected chi connectivity index (χ2v) is 6.65. The van der Waals surface area contributed by atoms with Crippen molar-refractivity contribution in [2.45, 2.75) is 19.9 Å². The largest absolute Gasteiger partial charge is 0.492 e. The van der Waals surface area contributed by atoms with E-state index in [9.17, 15) is 9.59 Å². The fraction of sp³-hybridized carbons (Fsp3) is 0.300. The third-order valence-electron chi connectivity index (χ3n) is 4.02. The van der Waals surface area contributed by atoms with Crippen molar-refractivity contribution in [3.05, 3.63) is 53.6 Å². The number of carbonyl (C=O) groups excluding carboxylic acids is 2. The number of rotatable bonds is 8. The molecule has 0 fully saturated rings. The van der Waals surface area contributed by atoms with Gasteiger partial charge in [0.1, 0.15) is 12.4 Å². The lowest BCUT2D eigenvalue weighted by atomic mass is 10.2. The molecule has 7 heteroatoms. The zero-order chi connectivity index (χ0) is 19.8. The quantitative estimate of drug-likeness (QED) is 0.723. The number of amides is 2. The van der Waals surface area contributed by atoms with Gasteiger partial charge >= 0.3 is 0 Å². The average Bonchev–Trinajstić information content (AvgIpc) is 2.62. The van der Waals surface area contributed by atoms with Crippen LogP contribution in [-0.2, 0) is 9.59 Å². The molecule has 1 unspecified atom stereocenters. The molecule has 0 saturated heterocycles. The lowest BCUT2D eigenvalue weighted by Crippen LogP contribution is -2.41. The highest BCUT2D eigenvalue weighted by Gasteiger charge is 2.18. The second-order valence-electron chi connectivity index (χ2n) is 6.21. The molecule has 0 aliphatic carbocycles. The van der Waals surface area contributed by atoms with Crippen molar-refractivity contribution >= 4 is 34.8 Å². The Morgan fingerprint density at radius 2 is 1.74 bits per heavy atom. The van der Waals surface area contributed by atoms with Gasteiger partial charge in [-0.25, -0.2) is 0 Å². The van der Waals surface area contributed by atoms with Crippen LogP contribution in [0, 0.1) is 0 Å². The highest BCUT2D eigenvalue weighted by molar-refractivity contribution is 6.30. The summed E-state index contributed by atoms with van der Waals surface area (Å²) in [5.74, 6) is 0.441. The van der Waals surface area contributed by atoms with Gasteiger partial charge in [-0.05, 0) is 56.4 Å². The van der Waals surface area contributed by atoms with Crippen LogP contribution in [0.3, 0.4) is 0 Å². The van der Waals surface area contributed by atoms with Gasteiger partial charge in [-0.3, -0.25) is 14.5 Å². The Hall–Kier alpha value is -2.57. The van der Waals surface area contributed by atoms with Crippen LogP contribution in [0.4, 0.5) is 11.4 Å². The summed E-state index contributed by atoms with van der Waals surface area (Å²) in [7, 11) is 1.86. The molecule has 0 aromatic heterocycles. The molecular formula is C20H24ClN3O3. The average molecular weight is 390 g/mol. The zero-order valence-electron chi connectivity index (χ0n) is 15.7. The number of nitrogens with one attached hydrogen (secondary N) is 2. The topological polar surface area (TPSA) is 70.7 Å². The third-order valence-corrected chi connectivity index (χ3v) is 4.27. The van der Waals surface area contributed by atoms with E-state index >= 15 is 0 Å². The summed E-state index contributed by atoms with van der Waals surface area (Å²) in [6.45, 7) is 4.31. The summed E-state index contributed by atoms with van der Waals surface area (Å²) in [4.78, 5) is 25.5. The molecule has 1 atom stereocenters. The minimum atomic E-state index is -0.344. The van der Waals surface area contributed by atoms with Gasteiger partial charge < -0.3 is 15.4 Å². The van der Waals surface area contributed by atoms with Crippen LogP contribution < -0.4 is 15.4 Å². The van der Waals surface area contributed by atoms with Gasteiger partial charge in [-0.1, -0.05) is 17.7 Å². The monoisotopic (exact) mass is 389 g/mol. The minimum Gasteiger partial charge on any atom is -0.492 e. The van der Waals surface area contributed by atoms with Crippen molar-refractivity contribution in [3.8, 4) is 5.75 Å². The van der Waals surface area contributed by atoms with E-state index in [1.807, 2.05) is 18.9 Å². The number of hydrogen-bond donors (Lipinski definition) is 2. The SMILES string of the molecule is CC(=O)Nc1cccc(NC(=O)C(C)N(C)CCOc2ccc(Cl)cc2)c1. The maximum absolute atomic E-state index is 12.5. The molecule has 2 rings (SSSR count). The standard InChI is InChI=1S/C20H24ClN3O3/c1-14(24(3)11-12-27-19-9-7-16(21)8-10-19)20(26)23-18-6-4-5-17(13-18)22-15(2)25/h4-10,13-14H,11-12H2,1-3H3,(H,22,25)(H,23,26). The minimum absolute atomic E-state index is 0.135. The Morgan fingerprint density at radius 3 is 2.37 bits per heavy atom. The molecule has 6 nitrogen and oxygen atoms in total. The normalized spacial score (nSPS) is 11.7. The zero-order valence-corrected chi connectivity index (χ0v) is 16.4. The van der Waals surface area contributed by atoms with Crippen LogP contribution in [0.2, 0.25) is 5.02 Å². The van der Waals surface area contributed by atoms with Crippen molar-refractivity contribution < 1.29 is 14.3 Å². The molecule has 0 heterocycles. The highest BCUT2D eigenvalue weighted by atomic mass is 35.5. The number of carbonyl (C=O) groups is 2. The summed E-state index contributed by atoms with van der Waals surface area (Å²) in [5.41, 5.74) is 1.27. The van der Waals surface area contributed by atoms with E-state index in [-0.39, 0.29) is 17.9 Å². The summed E-state index contributed by atoms with van der Waals surface area (Å²) >= 11 is 5.84. The first-order valence-corrected chi connectivity index (χ1v) is 9.00. The smallest absolute Gasteiger partial charge is 0.241 e. The Balaban J connectivity index is 1.82. The fourth-order valence-electron chi connectivity index (χ4n) is 2.36. The van der Waals surface area contributed by atoms with Crippen LogP contribution in [0.15, 0.2) is 48.5 Å². The number of anilines is 2. The van der Waals surface area contributed by atoms with E-state index in [1.165, 1.54) is 6.92 Å². The highest BCUT2D eigenvalue weighted by Crippen LogP contribution is 2.17. The first-order chi connectivity index (χ1) is 12.8. The predicted molar refractivity (Wildman–Crippen MR) is 108 cm³/mol. The van der Waals surface area contributed by atoms with Crippen molar-refractivity contribution in [1.82, 2.24) is 4.90 Å². The maximum atomic E-state index is 12.5. The Bertz CT molecular complexity index is 780. The molecule has 2 aromatic carbocycles. The van der Waals surface area contributed by atoms with Crippen LogP contribution >= 0.6 is 11.6 Å². The third kappa shape index (κ3) is 6.92. The molecule has 0 spiro atoms. The fourth-order valence-corrected chi connectivity index (χ4v) is 2.48. The molecule has 144 valence electrons. The molecular weight excluding hydrogens is 366 g/mol. The van der Waals surface area contributed by atoms with Gasteiger partial charge in [0.2, 0.25) is 11.8 Å². The summed E-state index contributed by atoms with van der Waals surface area (Å²) in [6, 6.07) is 13.8. The van der Waals surface area contributed by atoms with E-state index in [1.54, 1.807) is 48.5 Å². The lowest BCUT2D eigenvalue weighted by Gasteiger charge is -2.24. The molecule has 2 N–H and O–H groups in total. The predicted octanol–water partition coefficient (Wildman–Crippen LogP) is 3.64. The number of hydrogen-bond acceptors (Lipinski definition) is 4. The number of benzene rings is 2. The lowest BCUT2D eigenvalue weighted by molar-refractivity contribution is -0.120. The molecule has 27 heavy (non-hydrogen) atoms. The summed E-state index contributed by atoms with van der Waals surface area (Å²) < 4.78 is 5.66. The van der Waals surface area contributed by atoms with E-state index in [4.69, 9.17) is 16.3 Å². The molecule has 0 saturated carbocycles. The van der Waals surface area contributed by atoms with E-state index in [2.05, 4.69) is 10.6 Å². The molecule has 0 aliphatic heterocycles. The van der Waals surface area contributed by atoms with Gasteiger partial charge in [0.15, 0.2) is 0 Å². The van der Waals surface area contributed by atoms with Crippen molar-refractivity contribution in [3.63, 3.8) is 0 Å². The van der Waals surface area contributed by atoms with Crippen LogP contribution in [-0.4, -0.2) is 43.0 Å². The van der Waals surface area contributed by atoms with Crippen LogP contribution in [0.25, 0.3) is 0 Å². The molecule has 0 bridgehead atoms. The summed E-state index contributed by atoms with van der Waals surface area (Å²) in [5, 5.41) is 6.21. The van der Waals surface area contributed by atoms with Gasteiger partial charge in [0.25, 0.3) is 0 Å². The molecule has 2 amide bonds. The van der Waals surface area contributed by atoms with E-state index in [0.29, 0.717) is 29.5 Å². The maximum Gasteiger partial charge on any atom is 0.241 e. The van der Waals surface area contributed by atoms with Crippen LogP contribution in [0.5, 0.6) is 5.75 Å². The first kappa shape index (κ1) is 20.7. The van der Waals surface area contributed by atoms with Gasteiger partial charge in [0.05, 0.1) is 6.04 Å². The van der Waals surface area contributed by atoms with E-state index in [0.717, 1.165) is 5.75 Å². The summed E-state index contributed by atoms with van der Waals surface area (Å²) in [6.07, 6.45) is 0. The van der Waals surface area contributed by atoms with Crippen molar-refractivity contribution in [1.29, 1.82) is 0 Å². The number of halogens is 1. The molecule has 0 radical (unpaired) electrons. The first-order valence-electron chi connectivity index (χ1n) is 8.62. The molecule has 0 aliphatic rings. The van der Waals surface area contributed by atoms with Gasteiger partial charge in [-0.15, -0.1) is 0 Å². The second kappa shape index (κ2) is 9.94. The van der Waals surface area contributed by atoms with Gasteiger partial charge in [-0.2, -0.15) is 0 Å². The van der Waals surface area contributed by atoms with Crippen LogP contribution in [0.1, 0.15) is 13.8 Å². The number of nitrogens with zero attached hydrogens (tertiary/aromatic N) is 1. The number of ether oxygens (including phenoxy) is 1. The Kier molecular flexibility index (Phi) is 7.64.